The summed E-state index contributed by atoms with van der Waals surface area (Å²) >= 11 is 0. The average Bonchev–Trinajstić information content (AvgIpc) is 3.33. The van der Waals surface area contributed by atoms with E-state index in [-0.39, 0.29) is 35.5 Å². The fourth-order valence-electron chi connectivity index (χ4n) is 5.37. The van der Waals surface area contributed by atoms with Gasteiger partial charge in [-0.1, -0.05) is 12.5 Å². The molecule has 0 bridgehead atoms. The van der Waals surface area contributed by atoms with E-state index in [9.17, 15) is 9.59 Å². The van der Waals surface area contributed by atoms with Crippen LogP contribution in [0.5, 0.6) is 11.5 Å². The second kappa shape index (κ2) is 7.45. The third-order valence-corrected chi connectivity index (χ3v) is 7.51. The maximum Gasteiger partial charge on any atom is 0.231 e. The highest BCUT2D eigenvalue weighted by atomic mass is 16.7. The Labute approximate surface area is 177 Å². The predicted octanol–water partition coefficient (Wildman–Crippen LogP) is 2.27. The normalized spacial score (nSPS) is 25.8. The van der Waals surface area contributed by atoms with Crippen molar-refractivity contribution in [3.05, 3.63) is 23.8 Å². The van der Waals surface area contributed by atoms with Crippen LogP contribution < -0.4 is 14.8 Å². The smallest absolute Gasteiger partial charge is 0.231 e. The highest BCUT2D eigenvalue weighted by molar-refractivity contribution is 5.83. The number of nitrogens with zero attached hydrogens (tertiary/aromatic N) is 1. The molecule has 7 nitrogen and oxygen atoms in total. The number of hydrogen-bond donors (Lipinski definition) is 1. The number of fused-ring (bicyclic) bond motifs is 1. The van der Waals surface area contributed by atoms with Crippen molar-refractivity contribution >= 4 is 11.8 Å². The van der Waals surface area contributed by atoms with Gasteiger partial charge in [0.1, 0.15) is 0 Å². The molecule has 2 saturated heterocycles. The third kappa shape index (κ3) is 3.43. The lowest BCUT2D eigenvalue weighted by Gasteiger charge is -2.45. The minimum atomic E-state index is -0.370. The zero-order chi connectivity index (χ0) is 20.8. The van der Waals surface area contributed by atoms with Crippen molar-refractivity contribution < 1.29 is 23.8 Å². The third-order valence-electron chi connectivity index (χ3n) is 7.51. The van der Waals surface area contributed by atoms with E-state index in [4.69, 9.17) is 14.2 Å². The van der Waals surface area contributed by atoms with E-state index in [2.05, 4.69) is 5.32 Å². The molecule has 1 N–H and O–H groups in total. The number of hydrogen-bond acceptors (Lipinski definition) is 5. The first-order valence-electron chi connectivity index (χ1n) is 11.0. The van der Waals surface area contributed by atoms with Crippen molar-refractivity contribution in [2.45, 2.75) is 51.5 Å². The molecule has 5 rings (SSSR count). The van der Waals surface area contributed by atoms with Gasteiger partial charge in [0.15, 0.2) is 11.5 Å². The first kappa shape index (κ1) is 19.7. The standard InChI is InChI=1S/C23H30N2O5/c1-22(13-28-14-22)21(27)24-19-3-2-6-23(19)7-9-25(10-8-23)20(26)12-16-4-5-17-18(11-16)30-15-29-17/h4-5,11,19H,2-3,6-10,12-15H2,1H3,(H,24,27). The van der Waals surface area contributed by atoms with Gasteiger partial charge < -0.3 is 24.4 Å². The Balaban J connectivity index is 1.18. The van der Waals surface area contributed by atoms with Crippen molar-refractivity contribution in [2.24, 2.45) is 10.8 Å². The van der Waals surface area contributed by atoms with E-state index in [1.807, 2.05) is 30.0 Å². The van der Waals surface area contributed by atoms with Crippen molar-refractivity contribution in [1.82, 2.24) is 10.2 Å². The van der Waals surface area contributed by atoms with Gasteiger partial charge in [0.25, 0.3) is 0 Å². The zero-order valence-corrected chi connectivity index (χ0v) is 17.6. The summed E-state index contributed by atoms with van der Waals surface area (Å²) in [5.41, 5.74) is 0.712. The molecule has 1 atom stereocenters. The van der Waals surface area contributed by atoms with Gasteiger partial charge in [-0.2, -0.15) is 0 Å². The molecule has 3 aliphatic heterocycles. The first-order valence-corrected chi connectivity index (χ1v) is 11.0. The topological polar surface area (TPSA) is 77.1 Å². The maximum atomic E-state index is 12.9. The average molecular weight is 415 g/mol. The number of rotatable bonds is 4. The summed E-state index contributed by atoms with van der Waals surface area (Å²) in [6.45, 7) is 4.77. The molecule has 30 heavy (non-hydrogen) atoms. The van der Waals surface area contributed by atoms with Crippen LogP contribution in [0, 0.1) is 10.8 Å². The summed E-state index contributed by atoms with van der Waals surface area (Å²) in [5, 5.41) is 3.34. The van der Waals surface area contributed by atoms with E-state index in [1.165, 1.54) is 0 Å². The van der Waals surface area contributed by atoms with Crippen molar-refractivity contribution in [1.29, 1.82) is 0 Å². The highest BCUT2D eigenvalue weighted by Gasteiger charge is 2.49. The van der Waals surface area contributed by atoms with Crippen LogP contribution in [0.25, 0.3) is 0 Å². The molecule has 1 unspecified atom stereocenters. The van der Waals surface area contributed by atoms with Crippen LogP contribution in [-0.4, -0.2) is 55.9 Å². The van der Waals surface area contributed by atoms with E-state index in [0.717, 1.165) is 56.5 Å². The van der Waals surface area contributed by atoms with Gasteiger partial charge in [-0.3, -0.25) is 9.59 Å². The molecule has 162 valence electrons. The Kier molecular flexibility index (Phi) is 4.88. The summed E-state index contributed by atoms with van der Waals surface area (Å²) in [6, 6.07) is 5.92. The second-order valence-electron chi connectivity index (χ2n) is 9.58. The molecule has 1 spiro atoms. The number of carbonyl (C=O) groups is 2. The molecular formula is C23H30N2O5. The van der Waals surface area contributed by atoms with Crippen LogP contribution >= 0.6 is 0 Å². The van der Waals surface area contributed by atoms with Crippen molar-refractivity contribution in [2.75, 3.05) is 33.1 Å². The Morgan fingerprint density at radius 3 is 2.63 bits per heavy atom. The molecule has 1 aromatic rings. The summed E-state index contributed by atoms with van der Waals surface area (Å²) in [6.07, 6.45) is 5.60. The highest BCUT2D eigenvalue weighted by Crippen LogP contribution is 2.47. The van der Waals surface area contributed by atoms with Crippen LogP contribution in [0.15, 0.2) is 18.2 Å². The van der Waals surface area contributed by atoms with Crippen LogP contribution in [0.2, 0.25) is 0 Å². The first-order chi connectivity index (χ1) is 14.5. The number of piperidine rings is 1. The van der Waals surface area contributed by atoms with Gasteiger partial charge >= 0.3 is 0 Å². The summed E-state index contributed by atoms with van der Waals surface area (Å²) in [7, 11) is 0. The number of amides is 2. The predicted molar refractivity (Wildman–Crippen MR) is 109 cm³/mol. The fourth-order valence-corrected chi connectivity index (χ4v) is 5.37. The van der Waals surface area contributed by atoms with Crippen LogP contribution in [0.3, 0.4) is 0 Å². The van der Waals surface area contributed by atoms with Crippen LogP contribution in [-0.2, 0) is 20.7 Å². The molecule has 2 amide bonds. The largest absolute Gasteiger partial charge is 0.454 e. The summed E-state index contributed by atoms with van der Waals surface area (Å²) < 4.78 is 16.0. The Hall–Kier alpha value is -2.28. The second-order valence-corrected chi connectivity index (χ2v) is 9.58. The molecule has 7 heteroatoms. The van der Waals surface area contributed by atoms with Gasteiger partial charge in [0, 0.05) is 19.1 Å². The lowest BCUT2D eigenvalue weighted by Crippen LogP contribution is -2.58. The summed E-state index contributed by atoms with van der Waals surface area (Å²) in [5.74, 6) is 1.73. The SMILES string of the molecule is CC1(C(=O)NC2CCCC23CCN(C(=O)Cc2ccc4c(c2)OCO4)CC3)COC1. The maximum absolute atomic E-state index is 12.9. The van der Waals surface area contributed by atoms with Crippen molar-refractivity contribution in [3.63, 3.8) is 0 Å². The quantitative estimate of drug-likeness (QED) is 0.818. The Morgan fingerprint density at radius 1 is 1.13 bits per heavy atom. The molecule has 3 heterocycles. The molecule has 1 aromatic carbocycles. The number of nitrogens with one attached hydrogen (secondary N) is 1. The molecular weight excluding hydrogens is 384 g/mol. The molecule has 0 aromatic heterocycles. The van der Waals surface area contributed by atoms with E-state index < -0.39 is 0 Å². The molecule has 3 fully saturated rings. The molecule has 1 saturated carbocycles. The molecule has 4 aliphatic rings. The lowest BCUT2D eigenvalue weighted by atomic mass is 9.73. The van der Waals surface area contributed by atoms with E-state index in [1.54, 1.807) is 0 Å². The number of ether oxygens (including phenoxy) is 3. The number of benzene rings is 1. The van der Waals surface area contributed by atoms with Gasteiger partial charge in [-0.05, 0) is 55.7 Å². The van der Waals surface area contributed by atoms with Gasteiger partial charge in [-0.15, -0.1) is 0 Å². The molecule has 1 aliphatic carbocycles. The van der Waals surface area contributed by atoms with E-state index in [0.29, 0.717) is 25.4 Å². The number of likely N-dealkylation sites (tertiary alicyclic amines) is 1. The van der Waals surface area contributed by atoms with Crippen molar-refractivity contribution in [3.8, 4) is 11.5 Å². The zero-order valence-electron chi connectivity index (χ0n) is 17.6. The minimum Gasteiger partial charge on any atom is -0.454 e. The van der Waals surface area contributed by atoms with Gasteiger partial charge in [-0.25, -0.2) is 0 Å². The monoisotopic (exact) mass is 414 g/mol. The summed E-state index contributed by atoms with van der Waals surface area (Å²) in [4.78, 5) is 27.6. The lowest BCUT2D eigenvalue weighted by molar-refractivity contribution is -0.159. The van der Waals surface area contributed by atoms with Gasteiger partial charge in [0.2, 0.25) is 18.6 Å². The molecule has 0 radical (unpaired) electrons. The van der Waals surface area contributed by atoms with E-state index >= 15 is 0 Å². The Morgan fingerprint density at radius 2 is 1.90 bits per heavy atom. The Bertz CT molecular complexity index is 842. The fraction of sp³-hybridized carbons (Fsp3) is 0.652. The minimum absolute atomic E-state index is 0.126. The van der Waals surface area contributed by atoms with Crippen LogP contribution in [0.4, 0.5) is 0 Å². The van der Waals surface area contributed by atoms with Gasteiger partial charge in [0.05, 0.1) is 25.0 Å². The van der Waals surface area contributed by atoms with Crippen LogP contribution in [0.1, 0.15) is 44.6 Å². The number of carbonyl (C=O) groups excluding carboxylic acids is 2.